The average Bonchev–Trinajstić information content (AvgIpc) is 2.46. The Hall–Kier alpha value is -1.33. The molecule has 4 nitrogen and oxygen atoms in total. The van der Waals surface area contributed by atoms with Crippen molar-refractivity contribution in [1.82, 2.24) is 5.32 Å². The number of carbonyl (C=O) groups excluding carboxylic acids is 1. The number of carbonyl (C=O) groups is 1. The Morgan fingerprint density at radius 1 is 1.45 bits per heavy atom. The van der Waals surface area contributed by atoms with E-state index < -0.39 is 11.4 Å². The van der Waals surface area contributed by atoms with E-state index >= 15 is 0 Å². The van der Waals surface area contributed by atoms with E-state index in [0.717, 1.165) is 12.8 Å². The molecular formula is C14H20ClFN2O2. The number of halogens is 2. The lowest BCUT2D eigenvalue weighted by Crippen LogP contribution is -2.50. The molecule has 0 saturated heterocycles. The molecule has 1 amide bonds. The van der Waals surface area contributed by atoms with E-state index in [2.05, 4.69) is 5.32 Å². The molecule has 0 unspecified atom stereocenters. The Labute approximate surface area is 123 Å². The minimum atomic E-state index is -0.526. The Morgan fingerprint density at radius 3 is 2.65 bits per heavy atom. The lowest BCUT2D eigenvalue weighted by molar-refractivity contribution is -0.123. The van der Waals surface area contributed by atoms with Crippen molar-refractivity contribution >= 4 is 17.5 Å². The molecule has 6 heteroatoms. The van der Waals surface area contributed by atoms with Crippen LogP contribution in [0.5, 0.6) is 5.75 Å². The van der Waals surface area contributed by atoms with E-state index in [1.807, 2.05) is 13.8 Å². The summed E-state index contributed by atoms with van der Waals surface area (Å²) in [5.41, 5.74) is 5.68. The van der Waals surface area contributed by atoms with Gasteiger partial charge in [-0.3, -0.25) is 4.79 Å². The summed E-state index contributed by atoms with van der Waals surface area (Å²) in [5.74, 6) is -0.457. The van der Waals surface area contributed by atoms with Crippen LogP contribution in [0.3, 0.4) is 0 Å². The van der Waals surface area contributed by atoms with Gasteiger partial charge in [0.15, 0.2) is 6.61 Å². The Bertz CT molecular complexity index is 464. The van der Waals surface area contributed by atoms with Crippen molar-refractivity contribution in [2.75, 3.05) is 13.2 Å². The SMILES string of the molecule is CCC(N)(CC)CNC(=O)COc1ccc(F)c(Cl)c1. The highest BCUT2D eigenvalue weighted by molar-refractivity contribution is 6.30. The number of amides is 1. The molecule has 112 valence electrons. The average molecular weight is 303 g/mol. The van der Waals surface area contributed by atoms with Gasteiger partial charge in [0.1, 0.15) is 11.6 Å². The van der Waals surface area contributed by atoms with E-state index in [0.29, 0.717) is 12.3 Å². The quantitative estimate of drug-likeness (QED) is 0.813. The van der Waals surface area contributed by atoms with Gasteiger partial charge in [-0.15, -0.1) is 0 Å². The molecule has 1 aromatic carbocycles. The first-order valence-corrected chi connectivity index (χ1v) is 6.91. The summed E-state index contributed by atoms with van der Waals surface area (Å²) in [7, 11) is 0. The van der Waals surface area contributed by atoms with Crippen molar-refractivity contribution in [2.24, 2.45) is 5.73 Å². The number of nitrogens with two attached hydrogens (primary N) is 1. The maximum atomic E-state index is 12.9. The van der Waals surface area contributed by atoms with Gasteiger partial charge in [-0.2, -0.15) is 0 Å². The highest BCUT2D eigenvalue weighted by Crippen LogP contribution is 2.20. The van der Waals surface area contributed by atoms with Crippen molar-refractivity contribution in [3.63, 3.8) is 0 Å². The monoisotopic (exact) mass is 302 g/mol. The minimum Gasteiger partial charge on any atom is -0.484 e. The van der Waals surface area contributed by atoms with Crippen molar-refractivity contribution in [3.05, 3.63) is 29.0 Å². The molecule has 0 spiro atoms. The van der Waals surface area contributed by atoms with Gasteiger partial charge >= 0.3 is 0 Å². The largest absolute Gasteiger partial charge is 0.484 e. The maximum absolute atomic E-state index is 12.9. The van der Waals surface area contributed by atoms with Crippen molar-refractivity contribution < 1.29 is 13.9 Å². The van der Waals surface area contributed by atoms with Gasteiger partial charge in [0.2, 0.25) is 0 Å². The Balaban J connectivity index is 2.42. The molecule has 0 aliphatic carbocycles. The van der Waals surface area contributed by atoms with Crippen LogP contribution in [0.4, 0.5) is 4.39 Å². The lowest BCUT2D eigenvalue weighted by Gasteiger charge is -2.26. The molecule has 0 aliphatic heterocycles. The molecule has 0 atom stereocenters. The fourth-order valence-electron chi connectivity index (χ4n) is 1.54. The first kappa shape index (κ1) is 16.7. The fraction of sp³-hybridized carbons (Fsp3) is 0.500. The van der Waals surface area contributed by atoms with E-state index in [4.69, 9.17) is 22.1 Å². The third kappa shape index (κ3) is 4.98. The maximum Gasteiger partial charge on any atom is 0.258 e. The van der Waals surface area contributed by atoms with Crippen LogP contribution in [0.25, 0.3) is 0 Å². The van der Waals surface area contributed by atoms with Crippen LogP contribution in [0, 0.1) is 5.82 Å². The summed E-state index contributed by atoms with van der Waals surface area (Å²) in [6.45, 7) is 4.19. The number of rotatable bonds is 7. The zero-order valence-corrected chi connectivity index (χ0v) is 12.5. The molecular weight excluding hydrogens is 283 g/mol. The Kier molecular flexibility index (Phi) is 6.23. The molecule has 1 aromatic rings. The topological polar surface area (TPSA) is 64.3 Å². The molecule has 0 aromatic heterocycles. The summed E-state index contributed by atoms with van der Waals surface area (Å²) in [6.07, 6.45) is 1.55. The van der Waals surface area contributed by atoms with Gasteiger partial charge in [-0.1, -0.05) is 25.4 Å². The molecule has 0 saturated carbocycles. The van der Waals surface area contributed by atoms with Gasteiger partial charge in [0, 0.05) is 18.2 Å². The zero-order chi connectivity index (χ0) is 15.2. The number of hydrogen-bond acceptors (Lipinski definition) is 3. The van der Waals surface area contributed by atoms with Crippen molar-refractivity contribution in [2.45, 2.75) is 32.2 Å². The van der Waals surface area contributed by atoms with Crippen LogP contribution in [0.15, 0.2) is 18.2 Å². The standard InChI is InChI=1S/C14H20ClFN2O2/c1-3-14(17,4-2)9-18-13(19)8-20-10-5-6-12(16)11(15)7-10/h5-7H,3-4,8-9,17H2,1-2H3,(H,18,19). The van der Waals surface area contributed by atoms with Gasteiger partial charge in [-0.05, 0) is 25.0 Å². The number of hydrogen-bond donors (Lipinski definition) is 2. The highest BCUT2D eigenvalue weighted by Gasteiger charge is 2.20. The van der Waals surface area contributed by atoms with Crippen LogP contribution in [0.2, 0.25) is 5.02 Å². The van der Waals surface area contributed by atoms with Crippen molar-refractivity contribution in [3.8, 4) is 5.75 Å². The second kappa shape index (κ2) is 7.45. The molecule has 3 N–H and O–H groups in total. The van der Waals surface area contributed by atoms with Crippen LogP contribution in [-0.2, 0) is 4.79 Å². The molecule has 0 aliphatic rings. The summed E-state index contributed by atoms with van der Waals surface area (Å²) in [6, 6.07) is 3.93. The summed E-state index contributed by atoms with van der Waals surface area (Å²) in [5, 5.41) is 2.68. The first-order chi connectivity index (χ1) is 9.40. The van der Waals surface area contributed by atoms with Gasteiger partial charge in [0.05, 0.1) is 5.02 Å². The predicted molar refractivity (Wildman–Crippen MR) is 77.4 cm³/mol. The molecule has 0 bridgehead atoms. The number of ether oxygens (including phenoxy) is 1. The van der Waals surface area contributed by atoms with E-state index in [1.54, 1.807) is 0 Å². The molecule has 0 heterocycles. The summed E-state index contributed by atoms with van der Waals surface area (Å²) >= 11 is 5.62. The highest BCUT2D eigenvalue weighted by atomic mass is 35.5. The summed E-state index contributed by atoms with van der Waals surface area (Å²) < 4.78 is 18.2. The first-order valence-electron chi connectivity index (χ1n) is 6.53. The van der Waals surface area contributed by atoms with Crippen LogP contribution in [0.1, 0.15) is 26.7 Å². The zero-order valence-electron chi connectivity index (χ0n) is 11.7. The van der Waals surface area contributed by atoms with Gasteiger partial charge in [-0.25, -0.2) is 4.39 Å². The molecule has 20 heavy (non-hydrogen) atoms. The van der Waals surface area contributed by atoms with E-state index in [9.17, 15) is 9.18 Å². The van der Waals surface area contributed by atoms with Crippen LogP contribution < -0.4 is 15.8 Å². The predicted octanol–water partition coefficient (Wildman–Crippen LogP) is 2.49. The summed E-state index contributed by atoms with van der Waals surface area (Å²) in [4.78, 5) is 11.6. The fourth-order valence-corrected chi connectivity index (χ4v) is 1.71. The minimum absolute atomic E-state index is 0.0409. The van der Waals surface area contributed by atoms with Crippen molar-refractivity contribution in [1.29, 1.82) is 0 Å². The van der Waals surface area contributed by atoms with Crippen LogP contribution >= 0.6 is 11.6 Å². The number of nitrogens with one attached hydrogen (secondary N) is 1. The second-order valence-electron chi connectivity index (χ2n) is 4.71. The van der Waals surface area contributed by atoms with E-state index in [-0.39, 0.29) is 17.5 Å². The van der Waals surface area contributed by atoms with Crippen LogP contribution in [-0.4, -0.2) is 24.6 Å². The molecule has 0 radical (unpaired) electrons. The lowest BCUT2D eigenvalue weighted by atomic mass is 9.94. The van der Waals surface area contributed by atoms with Gasteiger partial charge in [0.25, 0.3) is 5.91 Å². The Morgan fingerprint density at radius 2 is 2.10 bits per heavy atom. The van der Waals surface area contributed by atoms with Gasteiger partial charge < -0.3 is 15.8 Å². The molecule has 0 fully saturated rings. The third-order valence-electron chi connectivity index (χ3n) is 3.31. The van der Waals surface area contributed by atoms with E-state index in [1.165, 1.54) is 18.2 Å². The molecule has 1 rings (SSSR count). The normalized spacial score (nSPS) is 11.2. The second-order valence-corrected chi connectivity index (χ2v) is 5.12. The number of benzene rings is 1. The smallest absolute Gasteiger partial charge is 0.258 e. The third-order valence-corrected chi connectivity index (χ3v) is 3.60.